The largest absolute Gasteiger partial charge is 0.493 e. The third kappa shape index (κ3) is 4.31. The first-order chi connectivity index (χ1) is 12.6. The Kier molecular flexibility index (Phi) is 6.06. The minimum atomic E-state index is 0.672. The quantitative estimate of drug-likeness (QED) is 0.797. The Hall–Kier alpha value is -2.18. The summed E-state index contributed by atoms with van der Waals surface area (Å²) < 4.78 is 10.6. The molecular formula is C19H22ClN3O2S. The molecule has 1 saturated heterocycles. The Morgan fingerprint density at radius 3 is 2.38 bits per heavy atom. The zero-order valence-electron chi connectivity index (χ0n) is 14.9. The van der Waals surface area contributed by atoms with Crippen molar-refractivity contribution >= 4 is 40.3 Å². The topological polar surface area (TPSA) is 37.0 Å². The average Bonchev–Trinajstić information content (AvgIpc) is 2.68. The number of thiocarbonyl (C=S) groups is 1. The molecule has 0 amide bonds. The Morgan fingerprint density at radius 1 is 1.00 bits per heavy atom. The molecule has 0 aliphatic carbocycles. The fraction of sp³-hybridized carbons (Fsp3) is 0.316. The number of hydrogen-bond donors (Lipinski definition) is 1. The van der Waals surface area contributed by atoms with E-state index in [1.807, 2.05) is 36.4 Å². The van der Waals surface area contributed by atoms with Crippen LogP contribution in [0.5, 0.6) is 11.5 Å². The Bertz CT molecular complexity index is 779. The Morgan fingerprint density at radius 2 is 1.73 bits per heavy atom. The first kappa shape index (κ1) is 18.6. The highest BCUT2D eigenvalue weighted by Gasteiger charge is 2.19. The molecule has 2 aromatic rings. The minimum absolute atomic E-state index is 0.672. The van der Waals surface area contributed by atoms with Gasteiger partial charge in [-0.1, -0.05) is 17.7 Å². The third-order valence-electron chi connectivity index (χ3n) is 4.38. The van der Waals surface area contributed by atoms with Crippen LogP contribution in [-0.4, -0.2) is 50.4 Å². The molecule has 1 fully saturated rings. The lowest BCUT2D eigenvalue weighted by Crippen LogP contribution is -2.50. The number of nitrogens with one attached hydrogen (secondary N) is 1. The van der Waals surface area contributed by atoms with Crippen LogP contribution in [0, 0.1) is 0 Å². The lowest BCUT2D eigenvalue weighted by atomic mass is 10.2. The maximum atomic E-state index is 6.09. The molecule has 0 saturated carbocycles. The molecule has 1 aliphatic rings. The van der Waals surface area contributed by atoms with Gasteiger partial charge in [0, 0.05) is 48.6 Å². The lowest BCUT2D eigenvalue weighted by molar-refractivity contribution is 0.355. The minimum Gasteiger partial charge on any atom is -0.493 e. The van der Waals surface area contributed by atoms with E-state index >= 15 is 0 Å². The van der Waals surface area contributed by atoms with Gasteiger partial charge in [-0.3, -0.25) is 0 Å². The average molecular weight is 392 g/mol. The SMILES string of the molecule is COc1ccc(NC(=S)N2CCN(c3cccc(Cl)c3)CC2)cc1OC. The molecule has 0 radical (unpaired) electrons. The van der Waals surface area contributed by atoms with Crippen LogP contribution >= 0.6 is 23.8 Å². The van der Waals surface area contributed by atoms with E-state index in [0.29, 0.717) is 16.6 Å². The van der Waals surface area contributed by atoms with E-state index in [0.717, 1.165) is 42.6 Å². The summed E-state index contributed by atoms with van der Waals surface area (Å²) in [6.45, 7) is 3.50. The van der Waals surface area contributed by atoms with E-state index in [1.165, 1.54) is 0 Å². The van der Waals surface area contributed by atoms with E-state index in [9.17, 15) is 0 Å². The van der Waals surface area contributed by atoms with Crippen LogP contribution in [0.15, 0.2) is 42.5 Å². The second kappa shape index (κ2) is 8.47. The molecule has 0 unspecified atom stereocenters. The number of methoxy groups -OCH3 is 2. The summed E-state index contributed by atoms with van der Waals surface area (Å²) in [5.74, 6) is 1.37. The highest BCUT2D eigenvalue weighted by atomic mass is 35.5. The van der Waals surface area contributed by atoms with E-state index in [1.54, 1.807) is 14.2 Å². The number of anilines is 2. The Balaban J connectivity index is 1.58. The molecule has 0 bridgehead atoms. The van der Waals surface area contributed by atoms with Crippen LogP contribution in [0.25, 0.3) is 0 Å². The molecule has 26 heavy (non-hydrogen) atoms. The molecule has 5 nitrogen and oxygen atoms in total. The molecule has 1 N–H and O–H groups in total. The summed E-state index contributed by atoms with van der Waals surface area (Å²) in [5.41, 5.74) is 2.03. The van der Waals surface area contributed by atoms with Crippen LogP contribution in [0.1, 0.15) is 0 Å². The van der Waals surface area contributed by atoms with Crippen LogP contribution < -0.4 is 19.7 Å². The number of hydrogen-bond acceptors (Lipinski definition) is 4. The van der Waals surface area contributed by atoms with Crippen molar-refractivity contribution in [3.8, 4) is 11.5 Å². The zero-order valence-corrected chi connectivity index (χ0v) is 16.4. The van der Waals surface area contributed by atoms with Gasteiger partial charge in [-0.2, -0.15) is 0 Å². The van der Waals surface area contributed by atoms with Gasteiger partial charge in [0.25, 0.3) is 0 Å². The molecule has 3 rings (SSSR count). The summed E-state index contributed by atoms with van der Waals surface area (Å²) >= 11 is 11.7. The predicted octanol–water partition coefficient (Wildman–Crippen LogP) is 3.88. The second-order valence-electron chi connectivity index (χ2n) is 5.95. The number of piperazine rings is 1. The maximum Gasteiger partial charge on any atom is 0.173 e. The van der Waals surface area contributed by atoms with Gasteiger partial charge in [0.1, 0.15) is 0 Å². The molecule has 1 aliphatic heterocycles. The molecule has 0 atom stereocenters. The van der Waals surface area contributed by atoms with Crippen molar-refractivity contribution in [3.63, 3.8) is 0 Å². The monoisotopic (exact) mass is 391 g/mol. The summed E-state index contributed by atoms with van der Waals surface area (Å²) in [7, 11) is 3.24. The van der Waals surface area contributed by atoms with Crippen molar-refractivity contribution in [1.29, 1.82) is 0 Å². The van der Waals surface area contributed by atoms with Gasteiger partial charge in [0.05, 0.1) is 14.2 Å². The van der Waals surface area contributed by atoms with E-state index < -0.39 is 0 Å². The van der Waals surface area contributed by atoms with E-state index in [4.69, 9.17) is 33.3 Å². The van der Waals surface area contributed by atoms with Crippen molar-refractivity contribution in [2.45, 2.75) is 0 Å². The maximum absolute atomic E-state index is 6.09. The summed E-state index contributed by atoms with van der Waals surface area (Å²) in [6, 6.07) is 13.6. The van der Waals surface area contributed by atoms with Gasteiger partial charge in [0.15, 0.2) is 16.6 Å². The van der Waals surface area contributed by atoms with Gasteiger partial charge in [-0.05, 0) is 42.5 Å². The van der Waals surface area contributed by atoms with Crippen molar-refractivity contribution in [1.82, 2.24) is 4.90 Å². The molecule has 138 valence electrons. The highest BCUT2D eigenvalue weighted by Crippen LogP contribution is 2.30. The van der Waals surface area contributed by atoms with Gasteiger partial charge >= 0.3 is 0 Å². The molecule has 0 aromatic heterocycles. The molecule has 0 spiro atoms. The fourth-order valence-electron chi connectivity index (χ4n) is 2.96. The number of benzene rings is 2. The lowest BCUT2D eigenvalue weighted by Gasteiger charge is -2.37. The van der Waals surface area contributed by atoms with Crippen molar-refractivity contribution in [2.75, 3.05) is 50.6 Å². The Labute approximate surface area is 164 Å². The number of halogens is 1. The summed E-state index contributed by atoms with van der Waals surface area (Å²) in [6.07, 6.45) is 0. The molecule has 7 heteroatoms. The van der Waals surface area contributed by atoms with Crippen molar-refractivity contribution in [3.05, 3.63) is 47.5 Å². The third-order valence-corrected chi connectivity index (χ3v) is 4.97. The number of nitrogens with zero attached hydrogens (tertiary/aromatic N) is 2. The number of ether oxygens (including phenoxy) is 2. The first-order valence-electron chi connectivity index (χ1n) is 8.39. The molecule has 2 aromatic carbocycles. The van der Waals surface area contributed by atoms with E-state index in [-0.39, 0.29) is 0 Å². The standard InChI is InChI=1S/C19H22ClN3O2S/c1-24-17-7-6-15(13-18(17)25-2)21-19(26)23-10-8-22(9-11-23)16-5-3-4-14(20)12-16/h3-7,12-13H,8-11H2,1-2H3,(H,21,26). The highest BCUT2D eigenvalue weighted by molar-refractivity contribution is 7.80. The van der Waals surface area contributed by atoms with E-state index in [2.05, 4.69) is 21.2 Å². The first-order valence-corrected chi connectivity index (χ1v) is 9.18. The summed E-state index contributed by atoms with van der Waals surface area (Å²) in [5, 5.41) is 4.75. The van der Waals surface area contributed by atoms with Crippen LogP contribution in [0.2, 0.25) is 5.02 Å². The predicted molar refractivity (Wildman–Crippen MR) is 111 cm³/mol. The van der Waals surface area contributed by atoms with Gasteiger partial charge < -0.3 is 24.6 Å². The van der Waals surface area contributed by atoms with Crippen LogP contribution in [-0.2, 0) is 0 Å². The van der Waals surface area contributed by atoms with Crippen LogP contribution in [0.4, 0.5) is 11.4 Å². The zero-order chi connectivity index (χ0) is 18.5. The smallest absolute Gasteiger partial charge is 0.173 e. The second-order valence-corrected chi connectivity index (χ2v) is 6.78. The van der Waals surface area contributed by atoms with Gasteiger partial charge in [-0.15, -0.1) is 0 Å². The number of rotatable bonds is 4. The van der Waals surface area contributed by atoms with Crippen molar-refractivity contribution in [2.24, 2.45) is 0 Å². The molecule has 1 heterocycles. The summed E-state index contributed by atoms with van der Waals surface area (Å²) in [4.78, 5) is 4.49. The van der Waals surface area contributed by atoms with Gasteiger partial charge in [0.2, 0.25) is 0 Å². The van der Waals surface area contributed by atoms with Crippen molar-refractivity contribution < 1.29 is 9.47 Å². The van der Waals surface area contributed by atoms with Gasteiger partial charge in [-0.25, -0.2) is 0 Å². The normalized spacial score (nSPS) is 14.1. The fourth-order valence-corrected chi connectivity index (χ4v) is 3.44. The van der Waals surface area contributed by atoms with Crippen LogP contribution in [0.3, 0.4) is 0 Å². The molecular weight excluding hydrogens is 370 g/mol.